The van der Waals surface area contributed by atoms with Gasteiger partial charge in [-0.05, 0) is 143 Å². The van der Waals surface area contributed by atoms with E-state index in [1.165, 1.54) is 0 Å². The Morgan fingerprint density at radius 1 is 0.376 bits per heavy atom. The SMILES string of the molecule is [2H]c1c([2H])c([2H])c2c(c1[2H])Oc1c([2H])c3c(c4c1B2c1c([2H])c([2H])c([2H])c([2H])c1O4)B1c2c(cc(C(C)(C)C)cc2N3c2c(-c3ccccc3)cc(C(C)(C)C)cc2-c2ccccc2)N(c2c(-c3ccccc3)cc(C(C)(C)C)cc2-c2ccccc2)c2c([2H])c(Cl)c([2H])c([2H])c21. The van der Waals surface area contributed by atoms with Gasteiger partial charge in [0.2, 0.25) is 0 Å². The molecule has 11 aromatic carbocycles. The van der Waals surface area contributed by atoms with E-state index in [-0.39, 0.29) is 84.8 Å². The van der Waals surface area contributed by atoms with E-state index in [0.717, 1.165) is 61.2 Å². The number of anilines is 6. The van der Waals surface area contributed by atoms with Gasteiger partial charge < -0.3 is 19.3 Å². The van der Waals surface area contributed by atoms with Gasteiger partial charge in [0.1, 0.15) is 23.0 Å². The van der Waals surface area contributed by atoms with Gasteiger partial charge in [-0.2, -0.15) is 0 Å². The van der Waals surface area contributed by atoms with Gasteiger partial charge in [-0.15, -0.1) is 0 Å². The lowest BCUT2D eigenvalue weighted by Gasteiger charge is -2.48. The summed E-state index contributed by atoms with van der Waals surface area (Å²) in [5.41, 5.74) is 11.2. The van der Waals surface area contributed by atoms with Crippen molar-refractivity contribution in [3.63, 3.8) is 0 Å². The van der Waals surface area contributed by atoms with Crippen LogP contribution in [0.2, 0.25) is 5.02 Å². The summed E-state index contributed by atoms with van der Waals surface area (Å²) in [4.78, 5) is 4.15. The molecule has 0 saturated heterocycles. The Balaban J connectivity index is 1.23. The molecule has 0 aliphatic carbocycles. The summed E-state index contributed by atoms with van der Waals surface area (Å²) in [5, 5.41) is -0.275. The Hall–Kier alpha value is -8.96. The van der Waals surface area contributed by atoms with Crippen LogP contribution in [0.25, 0.3) is 44.5 Å². The Morgan fingerprint density at radius 2 is 0.776 bits per heavy atom. The Morgan fingerprint density at radius 3 is 1.21 bits per heavy atom. The zero-order valence-electron chi connectivity index (χ0n) is 60.8. The van der Waals surface area contributed by atoms with Crippen LogP contribution < -0.4 is 52.1 Å². The molecular weight excluding hydrogens is 1050 g/mol. The van der Waals surface area contributed by atoms with Crippen molar-refractivity contribution in [2.75, 3.05) is 9.80 Å². The largest absolute Gasteiger partial charge is 0.459 e. The van der Waals surface area contributed by atoms with E-state index in [1.54, 1.807) is 0 Å². The predicted molar refractivity (Wildman–Crippen MR) is 361 cm³/mol. The summed E-state index contributed by atoms with van der Waals surface area (Å²) in [6, 6.07) is 47.3. The molecule has 4 heterocycles. The van der Waals surface area contributed by atoms with Crippen LogP contribution in [0.15, 0.2) is 230 Å². The second kappa shape index (κ2) is 19.6. The molecule has 0 fully saturated rings. The van der Waals surface area contributed by atoms with Crippen LogP contribution in [0.3, 0.4) is 0 Å². The molecule has 0 aromatic heterocycles. The molecule has 0 amide bonds. The number of hydrogen-bond donors (Lipinski definition) is 0. The van der Waals surface area contributed by atoms with Crippen molar-refractivity contribution in [3.8, 4) is 67.5 Å². The van der Waals surface area contributed by atoms with E-state index < -0.39 is 84.1 Å². The number of rotatable bonds is 6. The van der Waals surface area contributed by atoms with Crippen molar-refractivity contribution in [3.05, 3.63) is 252 Å². The molecule has 4 aliphatic rings. The standard InChI is InChI=1S/C78H65B2ClN2O2/c1-76(2,3)52-40-56(48-26-14-10-15-27-48)73(57(41-52)49-28-16-11-17-29-49)82-63-46-55(81)38-39-60(63)80-70-64(82)44-54(78(7,8)9)45-65(70)83(74-58(50-30-18-12-19-31-50)42-53(77(4,5)6)43-59(74)51-32-20-13-21-33-51)66-47-69-72-75(71(66)80)85-68-37-25-23-35-62(68)79(72)61-34-22-24-36-67(61)84-69/h10-47H,1-9H3/i22D,23D,24D,25D,34D,35D,36D,37D,38D,39D,46D,47D. The number of ether oxygens (including phenoxy) is 2. The molecule has 0 saturated carbocycles. The van der Waals surface area contributed by atoms with Gasteiger partial charge in [-0.25, -0.2) is 0 Å². The first-order chi connectivity index (χ1) is 46.0. The molecule has 0 atom stereocenters. The molecule has 0 bridgehead atoms. The van der Waals surface area contributed by atoms with Crippen LogP contribution in [-0.4, -0.2) is 13.4 Å². The minimum atomic E-state index is -1.47. The number of para-hydroxylation sites is 2. The van der Waals surface area contributed by atoms with Crippen LogP contribution in [0.1, 0.15) is 95.5 Å². The lowest BCUT2D eigenvalue weighted by Crippen LogP contribution is -2.65. The van der Waals surface area contributed by atoms with Gasteiger partial charge in [-0.3, -0.25) is 0 Å². The predicted octanol–water partition coefficient (Wildman–Crippen LogP) is 17.7. The third kappa shape index (κ3) is 8.58. The molecule has 4 nitrogen and oxygen atoms in total. The second-order valence-electron chi connectivity index (χ2n) is 25.6. The van der Waals surface area contributed by atoms with E-state index in [1.807, 2.05) is 72.8 Å². The van der Waals surface area contributed by atoms with Crippen molar-refractivity contribution in [1.82, 2.24) is 0 Å². The van der Waals surface area contributed by atoms with Crippen molar-refractivity contribution < 1.29 is 25.9 Å². The van der Waals surface area contributed by atoms with E-state index in [2.05, 4.69) is 157 Å². The zero-order valence-corrected chi connectivity index (χ0v) is 49.5. The smallest absolute Gasteiger partial charge is 0.260 e. The maximum atomic E-state index is 11.4. The topological polar surface area (TPSA) is 24.9 Å². The van der Waals surface area contributed by atoms with Crippen LogP contribution >= 0.6 is 11.6 Å². The summed E-state index contributed by atoms with van der Waals surface area (Å²) in [6.45, 7) is 16.6. The Bertz CT molecular complexity index is 5090. The molecule has 4 aliphatic heterocycles. The van der Waals surface area contributed by atoms with Crippen LogP contribution in [0.5, 0.6) is 23.0 Å². The summed E-state index contributed by atoms with van der Waals surface area (Å²) in [5.74, 6) is -0.891. The van der Waals surface area contributed by atoms with Gasteiger partial charge in [0, 0.05) is 61.5 Å². The fourth-order valence-electron chi connectivity index (χ4n) is 12.9. The van der Waals surface area contributed by atoms with Gasteiger partial charge in [-0.1, -0.05) is 238 Å². The first-order valence-corrected chi connectivity index (χ1v) is 29.3. The Kier molecular flexibility index (Phi) is 9.46. The maximum Gasteiger partial charge on any atom is 0.260 e. The van der Waals surface area contributed by atoms with E-state index >= 15 is 0 Å². The summed E-state index contributed by atoms with van der Waals surface area (Å²) < 4.78 is 133. The molecule has 7 heteroatoms. The van der Waals surface area contributed by atoms with Gasteiger partial charge in [0.25, 0.3) is 13.4 Å². The summed E-state index contributed by atoms with van der Waals surface area (Å²) in [7, 11) is 0. The molecule has 85 heavy (non-hydrogen) atoms. The zero-order chi connectivity index (χ0) is 68.7. The molecule has 0 spiro atoms. The average molecular weight is 1130 g/mol. The number of hydrogen-bond acceptors (Lipinski definition) is 4. The van der Waals surface area contributed by atoms with Gasteiger partial charge >= 0.3 is 0 Å². The molecular formula is C78H65B2ClN2O2. The lowest BCUT2D eigenvalue weighted by atomic mass is 9.30. The quantitative estimate of drug-likeness (QED) is 0.155. The molecule has 0 unspecified atom stereocenters. The Labute approximate surface area is 523 Å². The van der Waals surface area contributed by atoms with Crippen molar-refractivity contribution in [2.45, 2.75) is 78.6 Å². The number of nitrogens with zero attached hydrogens (tertiary/aromatic N) is 2. The minimum Gasteiger partial charge on any atom is -0.459 e. The summed E-state index contributed by atoms with van der Waals surface area (Å²) in [6.07, 6.45) is 0. The monoisotopic (exact) mass is 1130 g/mol. The van der Waals surface area contributed by atoms with Crippen molar-refractivity contribution in [2.24, 2.45) is 0 Å². The van der Waals surface area contributed by atoms with E-state index in [4.69, 9.17) is 22.4 Å². The van der Waals surface area contributed by atoms with E-state index in [9.17, 15) is 15.1 Å². The summed E-state index contributed by atoms with van der Waals surface area (Å²) >= 11 is 7.43. The molecule has 0 N–H and O–H groups in total. The normalized spacial score (nSPS) is 15.6. The van der Waals surface area contributed by atoms with E-state index in [0.29, 0.717) is 28.2 Å². The number of benzene rings is 11. The first kappa shape index (κ1) is 41.1. The highest BCUT2D eigenvalue weighted by Gasteiger charge is 2.51. The minimum absolute atomic E-state index is 0.0572. The second-order valence-corrected chi connectivity index (χ2v) is 26.0. The highest BCUT2D eigenvalue weighted by atomic mass is 35.5. The van der Waals surface area contributed by atoms with Crippen LogP contribution in [-0.2, 0) is 16.2 Å². The fraction of sp³-hybridized carbons (Fsp3) is 0.154. The van der Waals surface area contributed by atoms with Gasteiger partial charge in [0.15, 0.2) is 0 Å². The van der Waals surface area contributed by atoms with Gasteiger partial charge in [0.05, 0.1) is 27.8 Å². The highest BCUT2D eigenvalue weighted by Crippen LogP contribution is 2.56. The van der Waals surface area contributed by atoms with Crippen LogP contribution in [0, 0.1) is 0 Å². The molecule has 412 valence electrons. The fourth-order valence-corrected chi connectivity index (χ4v) is 13.1. The van der Waals surface area contributed by atoms with Crippen LogP contribution in [0.4, 0.5) is 34.1 Å². The van der Waals surface area contributed by atoms with Crippen molar-refractivity contribution >= 4 is 91.9 Å². The number of halogens is 1. The molecule has 15 rings (SSSR count). The number of fused-ring (bicyclic) bond motifs is 9. The first-order valence-electron chi connectivity index (χ1n) is 34.9. The lowest BCUT2D eigenvalue weighted by molar-refractivity contribution is 0.467. The molecule has 0 radical (unpaired) electrons. The molecule has 11 aromatic rings. The van der Waals surface area contributed by atoms with Crippen molar-refractivity contribution in [1.29, 1.82) is 0 Å². The highest BCUT2D eigenvalue weighted by molar-refractivity contribution is 7.03. The average Bonchev–Trinajstić information content (AvgIpc) is 0.666. The maximum absolute atomic E-state index is 11.4. The third-order valence-corrected chi connectivity index (χ3v) is 17.4. The third-order valence-electron chi connectivity index (χ3n) is 17.2.